The maximum atomic E-state index is 10.8. The zero-order valence-electron chi connectivity index (χ0n) is 34.6. The molecule has 1 aromatic carbocycles. The van der Waals surface area contributed by atoms with Gasteiger partial charge in [-0.15, -0.1) is 0 Å². The average molecular weight is 741 g/mol. The summed E-state index contributed by atoms with van der Waals surface area (Å²) in [5, 5.41) is 0. The van der Waals surface area contributed by atoms with Crippen molar-refractivity contribution < 1.29 is 46.7 Å². The Hall–Kier alpha value is -2.15. The summed E-state index contributed by atoms with van der Waals surface area (Å²) in [7, 11) is -4.76. The normalized spacial score (nSPS) is 14.0. The number of benzene rings is 1. The number of allylic oxidation sites excluding steroid dienone is 16. The van der Waals surface area contributed by atoms with E-state index in [4.69, 9.17) is 0 Å². The van der Waals surface area contributed by atoms with Crippen molar-refractivity contribution in [1.82, 2.24) is 0 Å². The molecule has 0 fully saturated rings. The topological polar surface area (TPSA) is 66.4 Å². The maximum absolute atomic E-state index is 10.8. The SMILES string of the molecule is CC(C)=CCC/C(C)=C/CC/C(C)=C/CC/C(C)=C/CC/C(C)=C/CC/C(C)=C/CC/C(C)=C/CC/C(C)=C/Cc1cccc(OS(=O)(=O)[O-])c1.[Na+]. The zero-order valence-corrected chi connectivity index (χ0v) is 37.4. The van der Waals surface area contributed by atoms with E-state index in [1.165, 1.54) is 63.5 Å². The van der Waals surface area contributed by atoms with Crippen LogP contribution in [0.1, 0.15) is 158 Å². The summed E-state index contributed by atoms with van der Waals surface area (Å²) in [6.45, 7) is 20.0. The van der Waals surface area contributed by atoms with Crippen LogP contribution in [0.5, 0.6) is 5.75 Å². The Balaban J connectivity index is 0.0000260. The molecule has 284 valence electrons. The minimum atomic E-state index is -4.76. The number of hydrogen-bond donors (Lipinski definition) is 0. The van der Waals surface area contributed by atoms with Crippen LogP contribution in [-0.2, 0) is 16.8 Å². The summed E-state index contributed by atoms with van der Waals surface area (Å²) in [5.41, 5.74) is 12.5. The van der Waals surface area contributed by atoms with Crippen molar-refractivity contribution in [2.45, 2.75) is 159 Å². The van der Waals surface area contributed by atoms with Gasteiger partial charge in [-0.05, 0) is 176 Å². The van der Waals surface area contributed by atoms with Crippen molar-refractivity contribution in [3.05, 3.63) is 123 Å². The summed E-state index contributed by atoms with van der Waals surface area (Å²) in [5.74, 6) is 0.0532. The van der Waals surface area contributed by atoms with Crippen molar-refractivity contribution in [2.75, 3.05) is 0 Å². The molecule has 1 aromatic rings. The van der Waals surface area contributed by atoms with E-state index in [9.17, 15) is 13.0 Å². The van der Waals surface area contributed by atoms with Crippen molar-refractivity contribution in [3.8, 4) is 5.75 Å². The molecule has 0 aliphatic carbocycles. The van der Waals surface area contributed by atoms with Crippen LogP contribution in [0, 0.1) is 0 Å². The summed E-state index contributed by atoms with van der Waals surface area (Å²) >= 11 is 0. The molecular weight excluding hydrogens is 672 g/mol. The zero-order chi connectivity index (χ0) is 38.1. The van der Waals surface area contributed by atoms with Crippen molar-refractivity contribution in [3.63, 3.8) is 0 Å². The Morgan fingerprint density at radius 2 is 0.827 bits per heavy atom. The first-order chi connectivity index (χ1) is 24.1. The first kappa shape index (κ1) is 49.9. The molecule has 0 radical (unpaired) electrons. The third-order valence-electron chi connectivity index (χ3n) is 9.06. The van der Waals surface area contributed by atoms with Gasteiger partial charge in [0.05, 0.1) is 0 Å². The molecule has 0 bridgehead atoms. The van der Waals surface area contributed by atoms with Gasteiger partial charge in [0.25, 0.3) is 10.4 Å². The predicted octanol–water partition coefficient (Wildman–Crippen LogP) is 11.1. The van der Waals surface area contributed by atoms with Crippen LogP contribution in [-0.4, -0.2) is 13.0 Å². The minimum Gasteiger partial charge on any atom is -0.716 e. The van der Waals surface area contributed by atoms with E-state index < -0.39 is 10.4 Å². The standard InChI is InChI=1S/C46H70O4S.Na/c1-37(2)18-10-19-38(3)20-11-21-39(4)22-12-23-40(5)24-13-25-41(6)26-14-27-42(7)28-15-29-43(8)30-16-31-44(9)34-35-45-32-17-33-46(36-45)50-51(47,48)49;/h17-18,20,22,24,26,28,30,32-34,36H,10-16,19,21,23,25,27,29,31,35H2,1-9H3,(H,47,48,49);/q;+1/p-1/b38-20+,39-22+,40-24+,41-26+,42-28+,43-30+,44-34+;. The van der Waals surface area contributed by atoms with Crippen LogP contribution >= 0.6 is 0 Å². The molecular formula is C46H69NaO4S. The Kier molecular flexibility index (Phi) is 28.0. The molecule has 52 heavy (non-hydrogen) atoms. The predicted molar refractivity (Wildman–Crippen MR) is 221 cm³/mol. The second kappa shape index (κ2) is 29.2. The largest absolute Gasteiger partial charge is 1.00 e. The average Bonchev–Trinajstić information content (AvgIpc) is 3.03. The van der Waals surface area contributed by atoms with Gasteiger partial charge in [-0.1, -0.05) is 105 Å². The molecule has 0 heterocycles. The Bertz CT molecular complexity index is 1540. The second-order valence-electron chi connectivity index (χ2n) is 14.7. The van der Waals surface area contributed by atoms with Crippen molar-refractivity contribution in [1.29, 1.82) is 0 Å². The van der Waals surface area contributed by atoms with E-state index in [0.717, 1.165) is 82.6 Å². The minimum absolute atomic E-state index is 0. The van der Waals surface area contributed by atoms with Gasteiger partial charge in [0.2, 0.25) is 0 Å². The molecule has 1 rings (SSSR count). The molecule has 0 aliphatic heterocycles. The number of rotatable bonds is 25. The fourth-order valence-electron chi connectivity index (χ4n) is 5.71. The van der Waals surface area contributed by atoms with Crippen LogP contribution in [0.25, 0.3) is 0 Å². The van der Waals surface area contributed by atoms with Crippen LogP contribution in [0.3, 0.4) is 0 Å². The van der Waals surface area contributed by atoms with Crippen LogP contribution in [0.2, 0.25) is 0 Å². The first-order valence-corrected chi connectivity index (χ1v) is 20.4. The van der Waals surface area contributed by atoms with Crippen LogP contribution < -0.4 is 33.7 Å². The summed E-state index contributed by atoms with van der Waals surface area (Å²) in [6, 6.07) is 6.64. The summed E-state index contributed by atoms with van der Waals surface area (Å²) < 4.78 is 36.9. The molecule has 0 unspecified atom stereocenters. The van der Waals surface area contributed by atoms with Crippen molar-refractivity contribution in [2.24, 2.45) is 0 Å². The fraction of sp³-hybridized carbons (Fsp3) is 0.522. The van der Waals surface area contributed by atoms with Gasteiger partial charge in [-0.2, -0.15) is 0 Å². The molecule has 0 saturated carbocycles. The molecule has 0 N–H and O–H groups in total. The molecule has 0 aromatic heterocycles. The van der Waals surface area contributed by atoms with E-state index in [-0.39, 0.29) is 35.3 Å². The van der Waals surface area contributed by atoms with E-state index >= 15 is 0 Å². The Labute approximate surface area is 342 Å². The molecule has 0 spiro atoms. The van der Waals surface area contributed by atoms with Gasteiger partial charge >= 0.3 is 29.6 Å². The molecule has 0 amide bonds. The van der Waals surface area contributed by atoms with Gasteiger partial charge in [-0.3, -0.25) is 0 Å². The van der Waals surface area contributed by atoms with Gasteiger partial charge in [-0.25, -0.2) is 8.42 Å². The van der Waals surface area contributed by atoms with Gasteiger partial charge in [0, 0.05) is 0 Å². The second-order valence-corrected chi connectivity index (χ2v) is 15.7. The Morgan fingerprint density at radius 1 is 0.519 bits per heavy atom. The van der Waals surface area contributed by atoms with E-state index in [2.05, 4.69) is 115 Å². The smallest absolute Gasteiger partial charge is 0.716 e. The first-order valence-electron chi connectivity index (χ1n) is 19.1. The molecule has 4 nitrogen and oxygen atoms in total. The van der Waals surface area contributed by atoms with Crippen molar-refractivity contribution >= 4 is 10.4 Å². The van der Waals surface area contributed by atoms with Gasteiger partial charge < -0.3 is 8.74 Å². The van der Waals surface area contributed by atoms with Gasteiger partial charge in [0.1, 0.15) is 5.75 Å². The van der Waals surface area contributed by atoms with E-state index in [1.54, 1.807) is 12.1 Å². The molecule has 0 saturated heterocycles. The third kappa shape index (κ3) is 29.3. The fourth-order valence-corrected chi connectivity index (χ4v) is 6.05. The summed E-state index contributed by atoms with van der Waals surface area (Å²) in [6.07, 6.45) is 35.2. The van der Waals surface area contributed by atoms with Crippen LogP contribution in [0.15, 0.2) is 117 Å². The monoisotopic (exact) mass is 740 g/mol. The molecule has 0 aliphatic rings. The Morgan fingerprint density at radius 3 is 1.13 bits per heavy atom. The number of hydrogen-bond acceptors (Lipinski definition) is 4. The third-order valence-corrected chi connectivity index (χ3v) is 9.46. The van der Waals surface area contributed by atoms with Crippen LogP contribution in [0.4, 0.5) is 0 Å². The van der Waals surface area contributed by atoms with E-state index in [1.807, 2.05) is 6.07 Å². The maximum Gasteiger partial charge on any atom is 1.00 e. The van der Waals surface area contributed by atoms with Gasteiger partial charge in [0.15, 0.2) is 0 Å². The van der Waals surface area contributed by atoms with E-state index in [0.29, 0.717) is 6.42 Å². The summed E-state index contributed by atoms with van der Waals surface area (Å²) in [4.78, 5) is 0. The molecule has 6 heteroatoms. The molecule has 0 atom stereocenters. The quantitative estimate of drug-likeness (QED) is 0.0433.